The van der Waals surface area contributed by atoms with Crippen LogP contribution in [0, 0.1) is 11.8 Å². The highest BCUT2D eigenvalue weighted by atomic mass is 16.5. The molecule has 1 atom stereocenters. The van der Waals surface area contributed by atoms with Crippen molar-refractivity contribution in [2.45, 2.75) is 33.6 Å². The number of likely N-dealkylation sites (N-methyl/N-ethyl adjacent to an activating group) is 1. The van der Waals surface area contributed by atoms with Crippen LogP contribution in [0.25, 0.3) is 0 Å². The Morgan fingerprint density at radius 1 is 1.35 bits per heavy atom. The minimum absolute atomic E-state index is 0.0300. The number of methoxy groups -OCH3 is 1. The van der Waals surface area contributed by atoms with Gasteiger partial charge in [-0.2, -0.15) is 0 Å². The SMILES string of the molecule is CCN(CCOC)C(=O)NC[C@H](CC(=O)O)CC(C)C. The first kappa shape index (κ1) is 18.7. The van der Waals surface area contributed by atoms with Crippen LogP contribution in [0.1, 0.15) is 33.6 Å². The highest BCUT2D eigenvalue weighted by Crippen LogP contribution is 2.14. The van der Waals surface area contributed by atoms with Crippen molar-refractivity contribution >= 4 is 12.0 Å². The van der Waals surface area contributed by atoms with Crippen LogP contribution in [0.3, 0.4) is 0 Å². The topological polar surface area (TPSA) is 78.9 Å². The molecule has 0 heterocycles. The van der Waals surface area contributed by atoms with Crippen LogP contribution in [0.4, 0.5) is 4.79 Å². The molecule has 0 rings (SSSR count). The van der Waals surface area contributed by atoms with E-state index < -0.39 is 5.97 Å². The summed E-state index contributed by atoms with van der Waals surface area (Å²) in [5.41, 5.74) is 0. The van der Waals surface area contributed by atoms with Gasteiger partial charge in [0.1, 0.15) is 0 Å². The number of carboxylic acids is 1. The van der Waals surface area contributed by atoms with Gasteiger partial charge in [-0.05, 0) is 25.2 Å². The quantitative estimate of drug-likeness (QED) is 0.642. The minimum Gasteiger partial charge on any atom is -0.481 e. The summed E-state index contributed by atoms with van der Waals surface area (Å²) < 4.78 is 4.96. The molecule has 0 spiro atoms. The Morgan fingerprint density at radius 3 is 2.45 bits per heavy atom. The molecule has 0 unspecified atom stereocenters. The summed E-state index contributed by atoms with van der Waals surface area (Å²) in [7, 11) is 1.59. The number of ether oxygens (including phenoxy) is 1. The van der Waals surface area contributed by atoms with Crippen molar-refractivity contribution in [3.63, 3.8) is 0 Å². The highest BCUT2D eigenvalue weighted by Gasteiger charge is 2.17. The van der Waals surface area contributed by atoms with Gasteiger partial charge in [-0.15, -0.1) is 0 Å². The zero-order valence-electron chi connectivity index (χ0n) is 13.0. The fourth-order valence-electron chi connectivity index (χ4n) is 2.10. The molecule has 0 aliphatic rings. The van der Waals surface area contributed by atoms with E-state index in [1.54, 1.807) is 12.0 Å². The highest BCUT2D eigenvalue weighted by molar-refractivity contribution is 5.74. The van der Waals surface area contributed by atoms with Crippen LogP contribution < -0.4 is 5.32 Å². The molecule has 0 radical (unpaired) electrons. The molecule has 0 aromatic heterocycles. The predicted octanol–water partition coefficient (Wildman–Crippen LogP) is 1.80. The lowest BCUT2D eigenvalue weighted by molar-refractivity contribution is -0.138. The van der Waals surface area contributed by atoms with Crippen molar-refractivity contribution in [2.75, 3.05) is 33.4 Å². The first-order valence-corrected chi connectivity index (χ1v) is 7.14. The van der Waals surface area contributed by atoms with Crippen LogP contribution >= 0.6 is 0 Å². The number of nitrogens with one attached hydrogen (secondary N) is 1. The number of hydrogen-bond donors (Lipinski definition) is 2. The van der Waals surface area contributed by atoms with Gasteiger partial charge in [-0.25, -0.2) is 4.79 Å². The monoisotopic (exact) mass is 288 g/mol. The molecular formula is C14H28N2O4. The van der Waals surface area contributed by atoms with Crippen LogP contribution in [-0.4, -0.2) is 55.4 Å². The lowest BCUT2D eigenvalue weighted by Crippen LogP contribution is -2.43. The van der Waals surface area contributed by atoms with E-state index in [1.165, 1.54) is 0 Å². The van der Waals surface area contributed by atoms with Crippen LogP contribution in [0.5, 0.6) is 0 Å². The molecule has 0 saturated heterocycles. The number of hydrogen-bond acceptors (Lipinski definition) is 3. The smallest absolute Gasteiger partial charge is 0.317 e. The molecule has 0 aromatic carbocycles. The summed E-state index contributed by atoms with van der Waals surface area (Å²) in [6.07, 6.45) is 0.874. The zero-order chi connectivity index (χ0) is 15.5. The van der Waals surface area contributed by atoms with Crippen LogP contribution in [-0.2, 0) is 9.53 Å². The van der Waals surface area contributed by atoms with E-state index in [4.69, 9.17) is 9.84 Å². The average molecular weight is 288 g/mol. The maximum Gasteiger partial charge on any atom is 0.317 e. The van der Waals surface area contributed by atoms with Crippen LogP contribution in [0.2, 0.25) is 0 Å². The zero-order valence-corrected chi connectivity index (χ0v) is 13.0. The van der Waals surface area contributed by atoms with Gasteiger partial charge in [0.05, 0.1) is 6.61 Å². The summed E-state index contributed by atoms with van der Waals surface area (Å²) in [6.45, 7) is 8.02. The van der Waals surface area contributed by atoms with E-state index >= 15 is 0 Å². The Bertz CT molecular complexity index is 295. The van der Waals surface area contributed by atoms with Gasteiger partial charge in [-0.3, -0.25) is 4.79 Å². The Labute approximate surface area is 121 Å². The molecule has 0 aromatic rings. The van der Waals surface area contributed by atoms with Gasteiger partial charge in [-0.1, -0.05) is 13.8 Å². The molecule has 0 saturated carbocycles. The maximum atomic E-state index is 12.0. The molecule has 0 aliphatic carbocycles. The van der Waals surface area contributed by atoms with Gasteiger partial charge >= 0.3 is 12.0 Å². The van der Waals surface area contributed by atoms with Crippen molar-refractivity contribution in [3.8, 4) is 0 Å². The molecule has 0 bridgehead atoms. The normalized spacial score (nSPS) is 12.2. The Hall–Kier alpha value is -1.30. The van der Waals surface area contributed by atoms with Crippen LogP contribution in [0.15, 0.2) is 0 Å². The molecule has 6 nitrogen and oxygen atoms in total. The van der Waals surface area contributed by atoms with E-state index in [0.29, 0.717) is 32.2 Å². The Kier molecular flexibility index (Phi) is 9.80. The summed E-state index contributed by atoms with van der Waals surface area (Å²) in [5, 5.41) is 11.7. The fraction of sp³-hybridized carbons (Fsp3) is 0.857. The van der Waals surface area contributed by atoms with Gasteiger partial charge in [0.2, 0.25) is 0 Å². The number of rotatable bonds is 10. The van der Waals surface area contributed by atoms with Gasteiger partial charge in [0, 0.05) is 33.2 Å². The predicted molar refractivity (Wildman–Crippen MR) is 77.7 cm³/mol. The second-order valence-corrected chi connectivity index (χ2v) is 5.35. The standard InChI is InChI=1S/C14H28N2O4/c1-5-16(6-7-20-4)14(19)15-10-12(8-11(2)3)9-13(17)18/h11-12H,5-10H2,1-4H3,(H,15,19)(H,17,18)/t12-/m0/s1. The second-order valence-electron chi connectivity index (χ2n) is 5.35. The van der Waals surface area contributed by atoms with Gasteiger partial charge < -0.3 is 20.1 Å². The Morgan fingerprint density at radius 2 is 2.00 bits per heavy atom. The minimum atomic E-state index is -0.823. The molecule has 0 fully saturated rings. The number of carbonyl (C=O) groups is 2. The summed E-state index contributed by atoms with van der Waals surface area (Å²) in [6, 6.07) is -0.163. The summed E-state index contributed by atoms with van der Waals surface area (Å²) in [5.74, 6) is -0.443. The third-order valence-electron chi connectivity index (χ3n) is 3.04. The number of carboxylic acid groups (broad SMARTS) is 1. The molecule has 6 heteroatoms. The van der Waals surface area contributed by atoms with E-state index in [9.17, 15) is 9.59 Å². The fourth-order valence-corrected chi connectivity index (χ4v) is 2.10. The average Bonchev–Trinajstić information content (AvgIpc) is 2.35. The van der Waals surface area contributed by atoms with Crippen molar-refractivity contribution in [1.82, 2.24) is 10.2 Å². The van der Waals surface area contributed by atoms with E-state index in [2.05, 4.69) is 5.32 Å². The first-order valence-electron chi connectivity index (χ1n) is 7.14. The third-order valence-corrected chi connectivity index (χ3v) is 3.04. The summed E-state index contributed by atoms with van der Waals surface area (Å²) >= 11 is 0. The number of urea groups is 1. The Balaban J connectivity index is 4.28. The van der Waals surface area contributed by atoms with E-state index in [-0.39, 0.29) is 18.4 Å². The maximum absolute atomic E-state index is 12.0. The first-order chi connectivity index (χ1) is 9.40. The second kappa shape index (κ2) is 10.5. The molecule has 2 N–H and O–H groups in total. The van der Waals surface area contributed by atoms with Gasteiger partial charge in [0.15, 0.2) is 0 Å². The van der Waals surface area contributed by atoms with E-state index in [0.717, 1.165) is 6.42 Å². The van der Waals surface area contributed by atoms with Crippen molar-refractivity contribution in [3.05, 3.63) is 0 Å². The van der Waals surface area contributed by atoms with Crippen molar-refractivity contribution in [2.24, 2.45) is 11.8 Å². The van der Waals surface area contributed by atoms with E-state index in [1.807, 2.05) is 20.8 Å². The molecule has 118 valence electrons. The molecular weight excluding hydrogens is 260 g/mol. The number of carbonyl (C=O) groups excluding carboxylic acids is 1. The lowest BCUT2D eigenvalue weighted by Gasteiger charge is -2.23. The molecule has 2 amide bonds. The third kappa shape index (κ3) is 8.74. The number of nitrogens with zero attached hydrogens (tertiary/aromatic N) is 1. The largest absolute Gasteiger partial charge is 0.481 e. The lowest BCUT2D eigenvalue weighted by atomic mass is 9.94. The number of aliphatic carboxylic acids is 1. The molecule has 0 aliphatic heterocycles. The summed E-state index contributed by atoms with van der Waals surface area (Å²) in [4.78, 5) is 24.4. The van der Waals surface area contributed by atoms with Crippen molar-refractivity contribution in [1.29, 1.82) is 0 Å². The number of amides is 2. The molecule has 20 heavy (non-hydrogen) atoms. The van der Waals surface area contributed by atoms with Crippen molar-refractivity contribution < 1.29 is 19.4 Å². The van der Waals surface area contributed by atoms with Gasteiger partial charge in [0.25, 0.3) is 0 Å².